The Morgan fingerprint density at radius 2 is 1.76 bits per heavy atom. The second-order valence-corrected chi connectivity index (χ2v) is 6.18. The van der Waals surface area contributed by atoms with E-state index in [-0.39, 0.29) is 6.04 Å². The van der Waals surface area contributed by atoms with Crippen LogP contribution in [-0.4, -0.2) is 20.3 Å². The van der Waals surface area contributed by atoms with Gasteiger partial charge in [-0.05, 0) is 38.7 Å². The highest BCUT2D eigenvalue weighted by Gasteiger charge is 2.22. The molecule has 2 atom stereocenters. The number of methoxy groups -OCH3 is 2. The molecule has 1 aromatic carbocycles. The standard InChI is InChI=1S/C18H29NO2/c1-13(15-8-6-5-7-9-15)19-14(2)17-11-10-16(20-3)12-18(17)21-4/h10-15,19H,5-9H2,1-4H3/t13-,14?/m0/s1. The topological polar surface area (TPSA) is 30.5 Å². The predicted molar refractivity (Wildman–Crippen MR) is 87.1 cm³/mol. The van der Waals surface area contributed by atoms with Gasteiger partial charge in [0, 0.05) is 23.7 Å². The van der Waals surface area contributed by atoms with Crippen LogP contribution in [0.3, 0.4) is 0 Å². The summed E-state index contributed by atoms with van der Waals surface area (Å²) in [6, 6.07) is 6.89. The van der Waals surface area contributed by atoms with Crippen LogP contribution in [0.2, 0.25) is 0 Å². The minimum atomic E-state index is 0.280. The van der Waals surface area contributed by atoms with E-state index in [2.05, 4.69) is 25.2 Å². The van der Waals surface area contributed by atoms with Gasteiger partial charge in [0.1, 0.15) is 11.5 Å². The number of benzene rings is 1. The van der Waals surface area contributed by atoms with Crippen LogP contribution in [0.15, 0.2) is 18.2 Å². The summed E-state index contributed by atoms with van der Waals surface area (Å²) in [6.45, 7) is 4.53. The van der Waals surface area contributed by atoms with E-state index in [1.807, 2.05) is 12.1 Å². The van der Waals surface area contributed by atoms with Crippen LogP contribution in [0.1, 0.15) is 57.6 Å². The van der Waals surface area contributed by atoms with E-state index in [1.165, 1.54) is 37.7 Å². The molecular formula is C18H29NO2. The van der Waals surface area contributed by atoms with Crippen LogP contribution in [0.5, 0.6) is 11.5 Å². The predicted octanol–water partition coefficient (Wildman–Crippen LogP) is 4.32. The Morgan fingerprint density at radius 1 is 1.05 bits per heavy atom. The third kappa shape index (κ3) is 4.13. The average Bonchev–Trinajstić information content (AvgIpc) is 2.54. The Labute approximate surface area is 129 Å². The highest BCUT2D eigenvalue weighted by atomic mass is 16.5. The largest absolute Gasteiger partial charge is 0.497 e. The summed E-state index contributed by atoms with van der Waals surface area (Å²) >= 11 is 0. The Morgan fingerprint density at radius 3 is 2.38 bits per heavy atom. The summed E-state index contributed by atoms with van der Waals surface area (Å²) in [5.41, 5.74) is 1.20. The summed E-state index contributed by atoms with van der Waals surface area (Å²) in [6.07, 6.45) is 6.90. The molecule has 118 valence electrons. The van der Waals surface area contributed by atoms with Gasteiger partial charge in [0.25, 0.3) is 0 Å². The fraction of sp³-hybridized carbons (Fsp3) is 0.667. The number of hydrogen-bond acceptors (Lipinski definition) is 3. The van der Waals surface area contributed by atoms with Crippen molar-refractivity contribution in [3.05, 3.63) is 23.8 Å². The molecule has 0 radical (unpaired) electrons. The molecule has 0 bridgehead atoms. The van der Waals surface area contributed by atoms with Crippen molar-refractivity contribution in [2.45, 2.75) is 58.0 Å². The number of nitrogens with one attached hydrogen (secondary N) is 1. The number of ether oxygens (including phenoxy) is 2. The van der Waals surface area contributed by atoms with Crippen molar-refractivity contribution in [3.63, 3.8) is 0 Å². The van der Waals surface area contributed by atoms with Crippen molar-refractivity contribution < 1.29 is 9.47 Å². The van der Waals surface area contributed by atoms with Gasteiger partial charge in [-0.25, -0.2) is 0 Å². The molecule has 1 N–H and O–H groups in total. The monoisotopic (exact) mass is 291 g/mol. The third-order valence-electron chi connectivity index (χ3n) is 4.78. The second kappa shape index (κ2) is 7.69. The van der Waals surface area contributed by atoms with E-state index in [4.69, 9.17) is 9.47 Å². The molecule has 0 spiro atoms. The van der Waals surface area contributed by atoms with Crippen LogP contribution in [0.25, 0.3) is 0 Å². The van der Waals surface area contributed by atoms with Crippen LogP contribution < -0.4 is 14.8 Å². The summed E-state index contributed by atoms with van der Waals surface area (Å²) < 4.78 is 10.8. The quantitative estimate of drug-likeness (QED) is 0.846. The first-order valence-electron chi connectivity index (χ1n) is 8.13. The lowest BCUT2D eigenvalue weighted by Crippen LogP contribution is -2.36. The third-order valence-corrected chi connectivity index (χ3v) is 4.78. The van der Waals surface area contributed by atoms with Gasteiger partial charge >= 0.3 is 0 Å². The SMILES string of the molecule is COc1ccc(C(C)N[C@@H](C)C2CCCCC2)c(OC)c1. The molecule has 1 aliphatic carbocycles. The molecular weight excluding hydrogens is 262 g/mol. The molecule has 21 heavy (non-hydrogen) atoms. The Balaban J connectivity index is 2.03. The average molecular weight is 291 g/mol. The van der Waals surface area contributed by atoms with Gasteiger partial charge in [-0.1, -0.05) is 25.3 Å². The smallest absolute Gasteiger partial charge is 0.127 e. The maximum atomic E-state index is 5.52. The van der Waals surface area contributed by atoms with E-state index < -0.39 is 0 Å². The van der Waals surface area contributed by atoms with Crippen LogP contribution in [0, 0.1) is 5.92 Å². The molecule has 0 aliphatic heterocycles. The lowest BCUT2D eigenvalue weighted by Gasteiger charge is -2.31. The number of rotatable bonds is 6. The van der Waals surface area contributed by atoms with Crippen LogP contribution >= 0.6 is 0 Å². The molecule has 0 amide bonds. The van der Waals surface area contributed by atoms with Crippen LogP contribution in [0.4, 0.5) is 0 Å². The van der Waals surface area contributed by atoms with Gasteiger partial charge in [0.05, 0.1) is 14.2 Å². The van der Waals surface area contributed by atoms with Crippen molar-refractivity contribution in [1.82, 2.24) is 5.32 Å². The summed E-state index contributed by atoms with van der Waals surface area (Å²) in [7, 11) is 3.40. The zero-order valence-electron chi connectivity index (χ0n) is 13.8. The molecule has 3 heteroatoms. The Bertz CT molecular complexity index is 441. The summed E-state index contributed by atoms with van der Waals surface area (Å²) in [5, 5.41) is 3.76. The van der Waals surface area contributed by atoms with Gasteiger partial charge in [0.15, 0.2) is 0 Å². The zero-order valence-corrected chi connectivity index (χ0v) is 13.8. The molecule has 1 fully saturated rings. The van der Waals surface area contributed by atoms with Gasteiger partial charge in [0.2, 0.25) is 0 Å². The lowest BCUT2D eigenvalue weighted by atomic mass is 9.84. The molecule has 1 aliphatic rings. The first-order chi connectivity index (χ1) is 10.2. The van der Waals surface area contributed by atoms with E-state index in [9.17, 15) is 0 Å². The molecule has 1 aromatic rings. The molecule has 1 unspecified atom stereocenters. The maximum absolute atomic E-state index is 5.52. The van der Waals surface area contributed by atoms with E-state index in [0.29, 0.717) is 6.04 Å². The van der Waals surface area contributed by atoms with Gasteiger partial charge < -0.3 is 14.8 Å². The van der Waals surface area contributed by atoms with Crippen molar-refractivity contribution in [3.8, 4) is 11.5 Å². The van der Waals surface area contributed by atoms with Crippen molar-refractivity contribution >= 4 is 0 Å². The Kier molecular flexibility index (Phi) is 5.92. The first-order valence-corrected chi connectivity index (χ1v) is 8.13. The normalized spacial score (nSPS) is 19.0. The summed E-state index contributed by atoms with van der Waals surface area (Å²) in [4.78, 5) is 0. The highest BCUT2D eigenvalue weighted by molar-refractivity contribution is 5.42. The molecule has 3 nitrogen and oxygen atoms in total. The second-order valence-electron chi connectivity index (χ2n) is 6.18. The number of hydrogen-bond donors (Lipinski definition) is 1. The fourth-order valence-corrected chi connectivity index (χ4v) is 3.43. The Hall–Kier alpha value is -1.22. The molecule has 0 heterocycles. The van der Waals surface area contributed by atoms with E-state index >= 15 is 0 Å². The van der Waals surface area contributed by atoms with E-state index in [1.54, 1.807) is 14.2 Å². The fourth-order valence-electron chi connectivity index (χ4n) is 3.43. The lowest BCUT2D eigenvalue weighted by molar-refractivity contribution is 0.266. The summed E-state index contributed by atoms with van der Waals surface area (Å²) in [5.74, 6) is 2.54. The van der Waals surface area contributed by atoms with Gasteiger partial charge in [-0.2, -0.15) is 0 Å². The minimum absolute atomic E-state index is 0.280. The minimum Gasteiger partial charge on any atom is -0.497 e. The highest BCUT2D eigenvalue weighted by Crippen LogP contribution is 2.31. The molecule has 1 saturated carbocycles. The van der Waals surface area contributed by atoms with Crippen molar-refractivity contribution in [2.75, 3.05) is 14.2 Å². The van der Waals surface area contributed by atoms with Crippen molar-refractivity contribution in [2.24, 2.45) is 5.92 Å². The first kappa shape index (κ1) is 16.2. The van der Waals surface area contributed by atoms with E-state index in [0.717, 1.165) is 17.4 Å². The van der Waals surface area contributed by atoms with Crippen LogP contribution in [-0.2, 0) is 0 Å². The van der Waals surface area contributed by atoms with Crippen molar-refractivity contribution in [1.29, 1.82) is 0 Å². The molecule has 0 saturated heterocycles. The van der Waals surface area contributed by atoms with Gasteiger partial charge in [-0.15, -0.1) is 0 Å². The zero-order chi connectivity index (χ0) is 15.2. The molecule has 2 rings (SSSR count). The van der Waals surface area contributed by atoms with Gasteiger partial charge in [-0.3, -0.25) is 0 Å². The maximum Gasteiger partial charge on any atom is 0.127 e. The molecule has 0 aromatic heterocycles.